The van der Waals surface area contributed by atoms with Gasteiger partial charge in [0.2, 0.25) is 0 Å². The van der Waals surface area contributed by atoms with Gasteiger partial charge < -0.3 is 9.47 Å². The van der Waals surface area contributed by atoms with Gasteiger partial charge in [-0.15, -0.1) is 0 Å². The molecular weight excluding hydrogens is 156 g/mol. The van der Waals surface area contributed by atoms with E-state index >= 15 is 0 Å². The molecule has 2 saturated carbocycles. The van der Waals surface area contributed by atoms with Crippen molar-refractivity contribution < 1.29 is 14.3 Å². The second-order valence-electron chi connectivity index (χ2n) is 3.93. The Morgan fingerprint density at radius 2 is 2.08 bits per heavy atom. The molecule has 1 heterocycles. The number of ketones is 1. The Kier molecular flexibility index (Phi) is 1.23. The first-order valence-corrected chi connectivity index (χ1v) is 4.62. The average Bonchev–Trinajstić information content (AvgIpc) is 2.57. The Morgan fingerprint density at radius 1 is 1.33 bits per heavy atom. The van der Waals surface area contributed by atoms with Crippen LogP contribution in [0.5, 0.6) is 0 Å². The van der Waals surface area contributed by atoms with Crippen LogP contribution in [-0.2, 0) is 14.3 Å². The molecule has 3 aliphatic rings. The van der Waals surface area contributed by atoms with Gasteiger partial charge in [-0.05, 0) is 6.42 Å². The summed E-state index contributed by atoms with van der Waals surface area (Å²) in [6.07, 6.45) is 2.53. The fourth-order valence-electron chi connectivity index (χ4n) is 2.79. The van der Waals surface area contributed by atoms with Crippen LogP contribution in [0.2, 0.25) is 0 Å². The van der Waals surface area contributed by atoms with Gasteiger partial charge in [-0.1, -0.05) is 0 Å². The zero-order chi connectivity index (χ0) is 8.18. The molecule has 3 nitrogen and oxygen atoms in total. The van der Waals surface area contributed by atoms with Crippen molar-refractivity contribution in [2.24, 2.45) is 11.8 Å². The van der Waals surface area contributed by atoms with E-state index in [4.69, 9.17) is 9.47 Å². The number of hydrogen-bond donors (Lipinski definition) is 0. The summed E-state index contributed by atoms with van der Waals surface area (Å²) < 4.78 is 11.1. The van der Waals surface area contributed by atoms with Crippen LogP contribution in [0.1, 0.15) is 19.3 Å². The number of hydrogen-bond acceptors (Lipinski definition) is 3. The first-order valence-electron chi connectivity index (χ1n) is 4.62. The summed E-state index contributed by atoms with van der Waals surface area (Å²) >= 11 is 0. The SMILES string of the molecule is O=C1CCC2C1CC21OCCO1. The minimum Gasteiger partial charge on any atom is -0.347 e. The third kappa shape index (κ3) is 0.666. The van der Waals surface area contributed by atoms with Crippen molar-refractivity contribution >= 4 is 5.78 Å². The number of Topliss-reactive ketones (excluding diaryl/α,β-unsaturated/α-hetero) is 1. The van der Waals surface area contributed by atoms with E-state index in [0.29, 0.717) is 24.9 Å². The maximum Gasteiger partial charge on any atom is 0.172 e. The lowest BCUT2D eigenvalue weighted by Crippen LogP contribution is -2.54. The first-order chi connectivity index (χ1) is 5.82. The quantitative estimate of drug-likeness (QED) is 0.535. The van der Waals surface area contributed by atoms with Gasteiger partial charge in [0.15, 0.2) is 5.79 Å². The molecule has 1 spiro atoms. The fraction of sp³-hybridized carbons (Fsp3) is 0.889. The van der Waals surface area contributed by atoms with E-state index in [1.807, 2.05) is 0 Å². The van der Waals surface area contributed by atoms with Gasteiger partial charge in [0, 0.05) is 24.7 Å². The summed E-state index contributed by atoms with van der Waals surface area (Å²) in [6.45, 7) is 1.41. The summed E-state index contributed by atoms with van der Waals surface area (Å²) in [5.41, 5.74) is 0. The molecule has 3 rings (SSSR count). The van der Waals surface area contributed by atoms with Crippen molar-refractivity contribution in [2.45, 2.75) is 25.0 Å². The summed E-state index contributed by atoms with van der Waals surface area (Å²) in [7, 11) is 0. The predicted molar refractivity (Wildman–Crippen MR) is 40.5 cm³/mol. The monoisotopic (exact) mass is 168 g/mol. The van der Waals surface area contributed by atoms with Crippen LogP contribution >= 0.6 is 0 Å². The molecule has 0 amide bonds. The molecule has 12 heavy (non-hydrogen) atoms. The van der Waals surface area contributed by atoms with Crippen molar-refractivity contribution in [3.05, 3.63) is 0 Å². The normalized spacial score (nSPS) is 43.2. The van der Waals surface area contributed by atoms with Crippen molar-refractivity contribution in [1.29, 1.82) is 0 Å². The fourth-order valence-corrected chi connectivity index (χ4v) is 2.79. The zero-order valence-electron chi connectivity index (χ0n) is 6.91. The predicted octanol–water partition coefficient (Wildman–Crippen LogP) is 0.728. The molecule has 1 saturated heterocycles. The van der Waals surface area contributed by atoms with Crippen LogP contribution in [0.4, 0.5) is 0 Å². The first kappa shape index (κ1) is 7.04. The molecule has 2 atom stereocenters. The zero-order valence-corrected chi connectivity index (χ0v) is 6.91. The number of carbonyl (C=O) groups is 1. The molecule has 66 valence electrons. The molecule has 0 N–H and O–H groups in total. The van der Waals surface area contributed by atoms with Crippen LogP contribution in [0.3, 0.4) is 0 Å². The molecule has 3 heteroatoms. The lowest BCUT2D eigenvalue weighted by molar-refractivity contribution is -0.264. The third-order valence-electron chi connectivity index (χ3n) is 3.45. The Hall–Kier alpha value is -0.410. The molecule has 2 unspecified atom stereocenters. The average molecular weight is 168 g/mol. The van der Waals surface area contributed by atoms with Gasteiger partial charge in [0.05, 0.1) is 13.2 Å². The molecule has 3 fully saturated rings. The van der Waals surface area contributed by atoms with E-state index in [1.54, 1.807) is 0 Å². The largest absolute Gasteiger partial charge is 0.347 e. The lowest BCUT2D eigenvalue weighted by Gasteiger charge is -2.46. The highest BCUT2D eigenvalue weighted by Gasteiger charge is 2.62. The second-order valence-corrected chi connectivity index (χ2v) is 3.93. The molecule has 0 aromatic carbocycles. The van der Waals surface area contributed by atoms with Crippen molar-refractivity contribution in [3.63, 3.8) is 0 Å². The Balaban J connectivity index is 1.83. The molecule has 0 radical (unpaired) electrons. The topological polar surface area (TPSA) is 35.5 Å². The Bertz CT molecular complexity index is 230. The molecule has 1 aliphatic heterocycles. The van der Waals surface area contributed by atoms with E-state index in [1.165, 1.54) is 0 Å². The van der Waals surface area contributed by atoms with Crippen LogP contribution in [0.25, 0.3) is 0 Å². The highest BCUT2D eigenvalue weighted by atomic mass is 16.7. The maximum atomic E-state index is 11.3. The molecule has 0 bridgehead atoms. The van der Waals surface area contributed by atoms with Crippen molar-refractivity contribution in [2.75, 3.05) is 13.2 Å². The van der Waals surface area contributed by atoms with Gasteiger partial charge in [0.1, 0.15) is 5.78 Å². The van der Waals surface area contributed by atoms with Gasteiger partial charge in [-0.2, -0.15) is 0 Å². The van der Waals surface area contributed by atoms with E-state index in [9.17, 15) is 4.79 Å². The highest BCUT2D eigenvalue weighted by Crippen LogP contribution is 2.55. The Labute approximate surface area is 71.0 Å². The Morgan fingerprint density at radius 3 is 2.75 bits per heavy atom. The van der Waals surface area contributed by atoms with E-state index in [-0.39, 0.29) is 11.7 Å². The van der Waals surface area contributed by atoms with Gasteiger partial charge in [-0.25, -0.2) is 0 Å². The maximum absolute atomic E-state index is 11.3. The smallest absolute Gasteiger partial charge is 0.172 e. The van der Waals surface area contributed by atoms with Gasteiger partial charge >= 0.3 is 0 Å². The van der Waals surface area contributed by atoms with E-state index < -0.39 is 0 Å². The van der Waals surface area contributed by atoms with Gasteiger partial charge in [0.25, 0.3) is 0 Å². The lowest BCUT2D eigenvalue weighted by atomic mass is 9.70. The molecule has 2 aliphatic carbocycles. The number of ether oxygens (including phenoxy) is 2. The van der Waals surface area contributed by atoms with Crippen molar-refractivity contribution in [3.8, 4) is 0 Å². The van der Waals surface area contributed by atoms with E-state index in [2.05, 4.69) is 0 Å². The van der Waals surface area contributed by atoms with E-state index in [0.717, 1.165) is 19.3 Å². The van der Waals surface area contributed by atoms with Crippen molar-refractivity contribution in [1.82, 2.24) is 0 Å². The summed E-state index contributed by atoms with van der Waals surface area (Å²) in [5, 5.41) is 0. The molecule has 0 aromatic heterocycles. The molecule has 0 aromatic rings. The van der Waals surface area contributed by atoms with Gasteiger partial charge in [-0.3, -0.25) is 4.79 Å². The second kappa shape index (κ2) is 2.09. The third-order valence-corrected chi connectivity index (χ3v) is 3.45. The minimum absolute atomic E-state index is 0.267. The van der Waals surface area contributed by atoms with Crippen LogP contribution in [0, 0.1) is 11.8 Å². The minimum atomic E-state index is -0.323. The van der Waals surface area contributed by atoms with Crippen LogP contribution in [0.15, 0.2) is 0 Å². The number of rotatable bonds is 0. The van der Waals surface area contributed by atoms with Crippen LogP contribution < -0.4 is 0 Å². The molecular formula is C9H12O3. The summed E-state index contributed by atoms with van der Waals surface area (Å²) in [6, 6.07) is 0. The summed E-state index contributed by atoms with van der Waals surface area (Å²) in [5.74, 6) is 0.747. The number of carbonyl (C=O) groups excluding carboxylic acids is 1. The summed E-state index contributed by atoms with van der Waals surface area (Å²) in [4.78, 5) is 11.3. The number of fused-ring (bicyclic) bond motifs is 2. The standard InChI is InChI=1S/C9H12O3/c10-8-2-1-7-6(8)5-9(7)11-3-4-12-9/h6-7H,1-5H2. The van der Waals surface area contributed by atoms with Crippen LogP contribution in [-0.4, -0.2) is 24.8 Å². The highest BCUT2D eigenvalue weighted by molar-refractivity contribution is 5.85.